The molecule has 1 saturated carbocycles. The first-order valence-electron chi connectivity index (χ1n) is 5.84. The highest BCUT2D eigenvalue weighted by Crippen LogP contribution is 2.39. The summed E-state index contributed by atoms with van der Waals surface area (Å²) >= 11 is 3.35. The minimum Gasteiger partial charge on any atom is -0.398 e. The molecule has 0 aliphatic heterocycles. The summed E-state index contributed by atoms with van der Waals surface area (Å²) in [5.41, 5.74) is 7.24. The van der Waals surface area contributed by atoms with Crippen LogP contribution in [0.15, 0.2) is 22.7 Å². The summed E-state index contributed by atoms with van der Waals surface area (Å²) in [6.07, 6.45) is 3.67. The van der Waals surface area contributed by atoms with Gasteiger partial charge in [0.15, 0.2) is 0 Å². The number of benzene rings is 1. The number of rotatable bonds is 3. The summed E-state index contributed by atoms with van der Waals surface area (Å²) in [5, 5.41) is 2.98. The summed E-state index contributed by atoms with van der Waals surface area (Å²) in [7, 11) is 0. The minimum absolute atomic E-state index is 0.0581. The number of carbonyl (C=O) groups is 1. The number of halogens is 1. The van der Waals surface area contributed by atoms with Crippen LogP contribution in [0.4, 0.5) is 5.69 Å². The van der Waals surface area contributed by atoms with Gasteiger partial charge in [-0.1, -0.05) is 19.4 Å². The normalized spacial score (nSPS) is 17.3. The molecule has 3 nitrogen and oxygen atoms in total. The van der Waals surface area contributed by atoms with Crippen molar-refractivity contribution in [2.24, 2.45) is 5.41 Å². The second-order valence-corrected chi connectivity index (χ2v) is 5.85. The number of hydrogen-bond donors (Lipinski definition) is 2. The van der Waals surface area contributed by atoms with Crippen molar-refractivity contribution in [3.8, 4) is 0 Å². The second-order valence-electron chi connectivity index (χ2n) is 5.06. The molecule has 1 aliphatic rings. The highest BCUT2D eigenvalue weighted by atomic mass is 79.9. The Morgan fingerprint density at radius 3 is 2.82 bits per heavy atom. The third-order valence-electron chi connectivity index (χ3n) is 3.51. The van der Waals surface area contributed by atoms with Crippen LogP contribution in [0.25, 0.3) is 0 Å². The Balaban J connectivity index is 2.02. The van der Waals surface area contributed by atoms with Crippen molar-refractivity contribution < 1.29 is 4.79 Å². The van der Waals surface area contributed by atoms with Crippen LogP contribution >= 0.6 is 15.9 Å². The van der Waals surface area contributed by atoms with Crippen LogP contribution in [-0.2, 0) is 0 Å². The van der Waals surface area contributed by atoms with Crippen LogP contribution in [0.1, 0.15) is 36.5 Å². The molecule has 3 N–H and O–H groups in total. The maximum absolute atomic E-state index is 12.0. The summed E-state index contributed by atoms with van der Waals surface area (Å²) in [6.45, 7) is 2.96. The topological polar surface area (TPSA) is 55.1 Å². The zero-order valence-electron chi connectivity index (χ0n) is 9.92. The smallest absolute Gasteiger partial charge is 0.252 e. The molecule has 0 radical (unpaired) electrons. The van der Waals surface area contributed by atoms with E-state index in [1.165, 1.54) is 19.3 Å². The third kappa shape index (κ3) is 2.63. The number of hydrogen-bond acceptors (Lipinski definition) is 2. The molecule has 0 spiro atoms. The first-order valence-corrected chi connectivity index (χ1v) is 6.63. The predicted octanol–water partition coefficient (Wildman–Crippen LogP) is 2.95. The Morgan fingerprint density at radius 1 is 1.53 bits per heavy atom. The first kappa shape index (κ1) is 12.4. The van der Waals surface area contributed by atoms with E-state index in [1.807, 2.05) is 0 Å². The predicted molar refractivity (Wildman–Crippen MR) is 72.8 cm³/mol. The third-order valence-corrected chi connectivity index (χ3v) is 4.39. The van der Waals surface area contributed by atoms with Gasteiger partial charge in [-0.15, -0.1) is 0 Å². The molecule has 0 atom stereocenters. The van der Waals surface area contributed by atoms with E-state index in [9.17, 15) is 4.79 Å². The molecule has 1 amide bonds. The van der Waals surface area contributed by atoms with Gasteiger partial charge in [0, 0.05) is 12.2 Å². The zero-order chi connectivity index (χ0) is 12.5. The van der Waals surface area contributed by atoms with Gasteiger partial charge in [0.05, 0.1) is 10.0 Å². The van der Waals surface area contributed by atoms with Crippen LogP contribution in [0.2, 0.25) is 0 Å². The van der Waals surface area contributed by atoms with Crippen molar-refractivity contribution in [3.63, 3.8) is 0 Å². The summed E-state index contributed by atoms with van der Waals surface area (Å²) < 4.78 is 0.677. The number of nitrogens with two attached hydrogens (primary N) is 1. The monoisotopic (exact) mass is 296 g/mol. The number of anilines is 1. The van der Waals surface area contributed by atoms with Gasteiger partial charge in [-0.3, -0.25) is 4.79 Å². The molecule has 2 rings (SSSR count). The lowest BCUT2D eigenvalue weighted by molar-refractivity contribution is 0.0890. The molecule has 1 aromatic carbocycles. The van der Waals surface area contributed by atoms with Crippen molar-refractivity contribution in [1.29, 1.82) is 0 Å². The van der Waals surface area contributed by atoms with Gasteiger partial charge in [-0.25, -0.2) is 0 Å². The summed E-state index contributed by atoms with van der Waals surface area (Å²) in [5.74, 6) is -0.0581. The summed E-state index contributed by atoms with van der Waals surface area (Å²) in [4.78, 5) is 12.0. The largest absolute Gasteiger partial charge is 0.398 e. The lowest BCUT2D eigenvalue weighted by Crippen LogP contribution is -2.40. The van der Waals surface area contributed by atoms with Gasteiger partial charge >= 0.3 is 0 Å². The average molecular weight is 297 g/mol. The van der Waals surface area contributed by atoms with Crippen molar-refractivity contribution in [2.45, 2.75) is 26.2 Å². The molecule has 1 aromatic rings. The molecule has 0 aromatic heterocycles. The van der Waals surface area contributed by atoms with Gasteiger partial charge in [0.2, 0.25) is 0 Å². The average Bonchev–Trinajstić information content (AvgIpc) is 2.27. The van der Waals surface area contributed by atoms with E-state index in [1.54, 1.807) is 18.2 Å². The van der Waals surface area contributed by atoms with E-state index in [0.29, 0.717) is 21.1 Å². The SMILES string of the molecule is CC1(CNC(=O)c2cccc(N)c2Br)CCC1. The maximum Gasteiger partial charge on any atom is 0.252 e. The molecule has 17 heavy (non-hydrogen) atoms. The molecule has 4 heteroatoms. The van der Waals surface area contributed by atoms with E-state index >= 15 is 0 Å². The lowest BCUT2D eigenvalue weighted by Gasteiger charge is -2.38. The van der Waals surface area contributed by atoms with Crippen LogP contribution in [0.5, 0.6) is 0 Å². The Bertz CT molecular complexity index is 441. The van der Waals surface area contributed by atoms with Crippen LogP contribution < -0.4 is 11.1 Å². The van der Waals surface area contributed by atoms with E-state index in [-0.39, 0.29) is 5.91 Å². The molecule has 0 bridgehead atoms. The van der Waals surface area contributed by atoms with Gasteiger partial charge < -0.3 is 11.1 Å². The Kier molecular flexibility index (Phi) is 3.43. The molecular formula is C13H17BrN2O. The molecule has 1 aliphatic carbocycles. The Morgan fingerprint density at radius 2 is 2.24 bits per heavy atom. The van der Waals surface area contributed by atoms with Crippen molar-refractivity contribution in [2.75, 3.05) is 12.3 Å². The van der Waals surface area contributed by atoms with Crippen LogP contribution in [0, 0.1) is 5.41 Å². The lowest BCUT2D eigenvalue weighted by atomic mass is 9.70. The van der Waals surface area contributed by atoms with Gasteiger partial charge in [-0.2, -0.15) is 0 Å². The number of nitrogens with one attached hydrogen (secondary N) is 1. The van der Waals surface area contributed by atoms with Gasteiger partial charge in [0.1, 0.15) is 0 Å². The highest BCUT2D eigenvalue weighted by molar-refractivity contribution is 9.10. The number of carbonyl (C=O) groups excluding carboxylic acids is 1. The second kappa shape index (κ2) is 4.69. The number of amides is 1. The van der Waals surface area contributed by atoms with Crippen molar-refractivity contribution in [1.82, 2.24) is 5.32 Å². The minimum atomic E-state index is -0.0581. The first-order chi connectivity index (χ1) is 8.02. The fourth-order valence-corrected chi connectivity index (χ4v) is 2.52. The standard InChI is InChI=1S/C13H17BrN2O/c1-13(6-3-7-13)8-16-12(17)9-4-2-5-10(15)11(9)14/h2,4-5H,3,6-8,15H2,1H3,(H,16,17). The van der Waals surface area contributed by atoms with Crippen LogP contribution in [0.3, 0.4) is 0 Å². The number of nitrogen functional groups attached to an aromatic ring is 1. The molecule has 0 unspecified atom stereocenters. The fraction of sp³-hybridized carbons (Fsp3) is 0.462. The van der Waals surface area contributed by atoms with E-state index in [2.05, 4.69) is 28.2 Å². The highest BCUT2D eigenvalue weighted by Gasteiger charge is 2.32. The van der Waals surface area contributed by atoms with E-state index in [0.717, 1.165) is 6.54 Å². The molecule has 0 heterocycles. The maximum atomic E-state index is 12.0. The Labute approximate surface area is 110 Å². The summed E-state index contributed by atoms with van der Waals surface area (Å²) in [6, 6.07) is 5.34. The fourth-order valence-electron chi connectivity index (χ4n) is 2.07. The van der Waals surface area contributed by atoms with Crippen molar-refractivity contribution in [3.05, 3.63) is 28.2 Å². The molecule has 1 fully saturated rings. The Hall–Kier alpha value is -1.03. The molecule has 0 saturated heterocycles. The van der Waals surface area contributed by atoms with E-state index in [4.69, 9.17) is 5.73 Å². The van der Waals surface area contributed by atoms with Crippen molar-refractivity contribution >= 4 is 27.5 Å². The quantitative estimate of drug-likeness (QED) is 0.843. The van der Waals surface area contributed by atoms with Gasteiger partial charge in [0.25, 0.3) is 5.91 Å². The molecule has 92 valence electrons. The van der Waals surface area contributed by atoms with Gasteiger partial charge in [-0.05, 0) is 46.3 Å². The zero-order valence-corrected chi connectivity index (χ0v) is 11.5. The van der Waals surface area contributed by atoms with Crippen LogP contribution in [-0.4, -0.2) is 12.5 Å². The molecular weight excluding hydrogens is 280 g/mol. The van der Waals surface area contributed by atoms with E-state index < -0.39 is 0 Å².